The monoisotopic (exact) mass is 368 g/mol. The maximum absolute atomic E-state index is 12.9. The van der Waals surface area contributed by atoms with Crippen LogP contribution >= 0.6 is 0 Å². The van der Waals surface area contributed by atoms with Crippen LogP contribution in [0, 0.1) is 0 Å². The average molecular weight is 368 g/mol. The number of hydrogen-bond donors (Lipinski definition) is 0. The number of ether oxygens (including phenoxy) is 1. The Morgan fingerprint density at radius 2 is 1.88 bits per heavy atom. The zero-order valence-corrected chi connectivity index (χ0v) is 15.0. The third-order valence-corrected chi connectivity index (χ3v) is 7.27. The molecule has 1 aliphatic carbocycles. The molecule has 138 valence electrons. The zero-order chi connectivity index (χ0) is 17.4. The minimum atomic E-state index is -3.51. The lowest BCUT2D eigenvalue weighted by Gasteiger charge is -2.33. The van der Waals surface area contributed by atoms with Gasteiger partial charge >= 0.3 is 0 Å². The second-order valence-electron chi connectivity index (χ2n) is 6.98. The van der Waals surface area contributed by atoms with Gasteiger partial charge in [0.2, 0.25) is 0 Å². The van der Waals surface area contributed by atoms with Crippen LogP contribution in [-0.2, 0) is 21.5 Å². The molecule has 3 aliphatic rings. The van der Waals surface area contributed by atoms with Crippen LogP contribution in [0.5, 0.6) is 0 Å². The summed E-state index contributed by atoms with van der Waals surface area (Å²) in [5.41, 5.74) is 0.778. The van der Waals surface area contributed by atoms with Gasteiger partial charge in [0.15, 0.2) is 0 Å². The van der Waals surface area contributed by atoms with E-state index in [-0.39, 0.29) is 11.6 Å². The van der Waals surface area contributed by atoms with Crippen molar-refractivity contribution in [2.75, 3.05) is 32.8 Å². The molecule has 1 saturated carbocycles. The molecule has 1 aromatic rings. The van der Waals surface area contributed by atoms with Crippen LogP contribution < -0.4 is 5.56 Å². The van der Waals surface area contributed by atoms with Crippen molar-refractivity contribution in [3.05, 3.63) is 28.2 Å². The Labute approximate surface area is 147 Å². The third-order valence-electron chi connectivity index (χ3n) is 5.18. The van der Waals surface area contributed by atoms with Gasteiger partial charge in [-0.1, -0.05) is 0 Å². The number of nitrogens with zero attached hydrogens (tertiary/aromatic N) is 4. The third kappa shape index (κ3) is 3.51. The molecule has 9 heteroatoms. The van der Waals surface area contributed by atoms with E-state index >= 15 is 0 Å². The summed E-state index contributed by atoms with van der Waals surface area (Å²) in [6, 6.07) is 3.14. The molecular formula is C16H24N4O4S. The van der Waals surface area contributed by atoms with Crippen LogP contribution in [-0.4, -0.2) is 65.7 Å². The van der Waals surface area contributed by atoms with Gasteiger partial charge in [-0.25, -0.2) is 4.68 Å². The normalized spacial score (nSPS) is 26.2. The smallest absolute Gasteiger partial charge is 0.282 e. The van der Waals surface area contributed by atoms with E-state index in [2.05, 4.69) is 5.10 Å². The summed E-state index contributed by atoms with van der Waals surface area (Å²) in [7, 11) is -3.51. The lowest BCUT2D eigenvalue weighted by molar-refractivity contribution is 0.0697. The van der Waals surface area contributed by atoms with Crippen molar-refractivity contribution >= 4 is 10.2 Å². The predicted octanol–water partition coefficient (Wildman–Crippen LogP) is 0.162. The van der Waals surface area contributed by atoms with Crippen LogP contribution in [0.3, 0.4) is 0 Å². The summed E-state index contributed by atoms with van der Waals surface area (Å²) in [5, 5.41) is 4.48. The molecular weight excluding hydrogens is 344 g/mol. The minimum Gasteiger partial charge on any atom is -0.379 e. The van der Waals surface area contributed by atoms with E-state index in [1.807, 2.05) is 0 Å². The average Bonchev–Trinajstić information content (AvgIpc) is 3.36. The Morgan fingerprint density at radius 3 is 2.60 bits per heavy atom. The molecule has 0 aromatic carbocycles. The van der Waals surface area contributed by atoms with Gasteiger partial charge in [-0.2, -0.15) is 22.1 Å². The molecule has 1 unspecified atom stereocenters. The van der Waals surface area contributed by atoms with Crippen molar-refractivity contribution < 1.29 is 13.2 Å². The highest BCUT2D eigenvalue weighted by molar-refractivity contribution is 7.86. The lowest BCUT2D eigenvalue weighted by Crippen LogP contribution is -2.51. The summed E-state index contributed by atoms with van der Waals surface area (Å²) < 4.78 is 35.6. The van der Waals surface area contributed by atoms with Crippen molar-refractivity contribution in [2.24, 2.45) is 0 Å². The first kappa shape index (κ1) is 17.1. The SMILES string of the molecule is O=c1ccc(C2CC2)nn1CC1CCCN1S(=O)(=O)N1CCOCC1. The van der Waals surface area contributed by atoms with E-state index in [1.165, 1.54) is 8.99 Å². The summed E-state index contributed by atoms with van der Waals surface area (Å²) in [5.74, 6) is 0.462. The Bertz CT molecular complexity index is 784. The quantitative estimate of drug-likeness (QED) is 0.739. The Balaban J connectivity index is 1.53. The molecule has 0 N–H and O–H groups in total. The van der Waals surface area contributed by atoms with Crippen LogP contribution in [0.4, 0.5) is 0 Å². The molecule has 2 aliphatic heterocycles. The fraction of sp³-hybridized carbons (Fsp3) is 0.750. The molecule has 0 spiro atoms. The van der Waals surface area contributed by atoms with Gasteiger partial charge in [-0.05, 0) is 31.7 Å². The molecule has 0 radical (unpaired) electrons. The topological polar surface area (TPSA) is 84.7 Å². The van der Waals surface area contributed by atoms with Gasteiger partial charge in [0.05, 0.1) is 25.5 Å². The molecule has 0 amide bonds. The highest BCUT2D eigenvalue weighted by Crippen LogP contribution is 2.38. The van der Waals surface area contributed by atoms with E-state index in [0.717, 1.165) is 31.4 Å². The Hall–Kier alpha value is -1.29. The summed E-state index contributed by atoms with van der Waals surface area (Å²) in [6.07, 6.45) is 3.80. The van der Waals surface area contributed by atoms with Crippen molar-refractivity contribution in [1.82, 2.24) is 18.4 Å². The van der Waals surface area contributed by atoms with Gasteiger partial charge < -0.3 is 4.74 Å². The highest BCUT2D eigenvalue weighted by Gasteiger charge is 2.39. The van der Waals surface area contributed by atoms with Crippen molar-refractivity contribution in [3.63, 3.8) is 0 Å². The Kier molecular flexibility index (Phi) is 4.65. The zero-order valence-electron chi connectivity index (χ0n) is 14.2. The maximum Gasteiger partial charge on any atom is 0.282 e. The molecule has 1 atom stereocenters. The van der Waals surface area contributed by atoms with Gasteiger partial charge in [0, 0.05) is 37.7 Å². The number of morpholine rings is 1. The van der Waals surface area contributed by atoms with Crippen molar-refractivity contribution in [1.29, 1.82) is 0 Å². The molecule has 3 heterocycles. The number of rotatable bonds is 5. The van der Waals surface area contributed by atoms with Crippen LogP contribution in [0.25, 0.3) is 0 Å². The number of aromatic nitrogens is 2. The molecule has 0 bridgehead atoms. The summed E-state index contributed by atoms with van der Waals surface area (Å²) in [4.78, 5) is 12.2. The van der Waals surface area contributed by atoms with Crippen molar-refractivity contribution in [2.45, 2.75) is 44.2 Å². The molecule has 8 nitrogen and oxygen atoms in total. The summed E-state index contributed by atoms with van der Waals surface area (Å²) in [6.45, 7) is 2.47. The first-order valence-electron chi connectivity index (χ1n) is 8.98. The van der Waals surface area contributed by atoms with E-state index < -0.39 is 10.2 Å². The van der Waals surface area contributed by atoms with Crippen LogP contribution in [0.15, 0.2) is 16.9 Å². The predicted molar refractivity (Wildman–Crippen MR) is 91.5 cm³/mol. The molecule has 4 rings (SSSR count). The summed E-state index contributed by atoms with van der Waals surface area (Å²) >= 11 is 0. The highest BCUT2D eigenvalue weighted by atomic mass is 32.2. The molecule has 2 saturated heterocycles. The maximum atomic E-state index is 12.9. The fourth-order valence-electron chi connectivity index (χ4n) is 3.61. The van der Waals surface area contributed by atoms with E-state index in [9.17, 15) is 13.2 Å². The number of hydrogen-bond acceptors (Lipinski definition) is 5. The second kappa shape index (κ2) is 6.79. The molecule has 1 aromatic heterocycles. The fourth-order valence-corrected chi connectivity index (χ4v) is 5.43. The van der Waals surface area contributed by atoms with E-state index in [1.54, 1.807) is 16.4 Å². The van der Waals surface area contributed by atoms with Crippen molar-refractivity contribution in [3.8, 4) is 0 Å². The molecule has 3 fully saturated rings. The van der Waals surface area contributed by atoms with Gasteiger partial charge in [0.25, 0.3) is 15.8 Å². The van der Waals surface area contributed by atoms with Crippen LogP contribution in [0.2, 0.25) is 0 Å². The van der Waals surface area contributed by atoms with Crippen LogP contribution in [0.1, 0.15) is 37.3 Å². The Morgan fingerprint density at radius 1 is 1.12 bits per heavy atom. The van der Waals surface area contributed by atoms with E-state index in [0.29, 0.717) is 45.3 Å². The van der Waals surface area contributed by atoms with Gasteiger partial charge in [-0.3, -0.25) is 4.79 Å². The first-order chi connectivity index (χ1) is 12.1. The van der Waals surface area contributed by atoms with Gasteiger partial charge in [-0.15, -0.1) is 0 Å². The standard InChI is InChI=1S/C16H24N4O4S/c21-16-6-5-15(13-3-4-13)17-19(16)12-14-2-1-7-20(14)25(22,23)18-8-10-24-11-9-18/h5-6,13-14H,1-4,7-12H2. The minimum absolute atomic E-state index is 0.167. The largest absolute Gasteiger partial charge is 0.379 e. The van der Waals surface area contributed by atoms with E-state index in [4.69, 9.17) is 4.74 Å². The second-order valence-corrected chi connectivity index (χ2v) is 8.86. The first-order valence-corrected chi connectivity index (χ1v) is 10.4. The van der Waals surface area contributed by atoms with Gasteiger partial charge in [0.1, 0.15) is 0 Å². The molecule has 25 heavy (non-hydrogen) atoms. The lowest BCUT2D eigenvalue weighted by atomic mass is 10.2.